The summed E-state index contributed by atoms with van der Waals surface area (Å²) in [4.78, 5) is 83.3. The minimum Gasteiger partial charge on any atom is -0.503 e. The van der Waals surface area contributed by atoms with Gasteiger partial charge in [0.25, 0.3) is 23.6 Å². The Morgan fingerprint density at radius 1 is 1.10 bits per heavy atom. The summed E-state index contributed by atoms with van der Waals surface area (Å²) in [5, 5.41) is 40.3. The van der Waals surface area contributed by atoms with Gasteiger partial charge in [0.2, 0.25) is 11.0 Å². The summed E-state index contributed by atoms with van der Waals surface area (Å²) in [6.45, 7) is 1.36. The lowest BCUT2D eigenvalue weighted by Crippen LogP contribution is -2.74. The molecule has 1 saturated heterocycles. The number of carboxylic acids is 1. The second-order valence-corrected chi connectivity index (χ2v) is 13.1. The van der Waals surface area contributed by atoms with Gasteiger partial charge < -0.3 is 41.9 Å². The van der Waals surface area contributed by atoms with E-state index in [-0.39, 0.29) is 38.5 Å². The Morgan fingerprint density at radius 2 is 1.70 bits per heavy atom. The van der Waals surface area contributed by atoms with Crippen molar-refractivity contribution in [3.8, 4) is 5.75 Å². The molecule has 9 N–H and O–H groups in total. The second kappa shape index (κ2) is 14.2. The summed E-state index contributed by atoms with van der Waals surface area (Å²) in [7, 11) is -5.16. The number of benzene rings is 1. The fourth-order valence-corrected chi connectivity index (χ4v) is 5.63. The zero-order chi connectivity index (χ0) is 37.1. The third-order valence-corrected chi connectivity index (χ3v) is 8.59. The summed E-state index contributed by atoms with van der Waals surface area (Å²) in [5.41, 5.74) is 2.16. The van der Waals surface area contributed by atoms with Gasteiger partial charge in [-0.15, -0.1) is 11.3 Å². The lowest BCUT2D eigenvalue weighted by Gasteiger charge is -2.44. The molecule has 0 bridgehead atoms. The Bertz CT molecular complexity index is 2060. The van der Waals surface area contributed by atoms with E-state index in [1.54, 1.807) is 0 Å². The largest absolute Gasteiger partial charge is 0.503 e. The molecule has 21 nitrogen and oxygen atoms in total. The molecule has 4 amide bonds. The van der Waals surface area contributed by atoms with Crippen molar-refractivity contribution < 1.29 is 57.2 Å². The molecule has 0 unspecified atom stereocenters. The number of nitrogens with one attached hydrogen (secondary N) is 3. The molecule has 3 heterocycles. The van der Waals surface area contributed by atoms with Crippen molar-refractivity contribution in [3.05, 3.63) is 74.6 Å². The van der Waals surface area contributed by atoms with Crippen molar-refractivity contribution in [2.75, 3.05) is 12.3 Å². The van der Waals surface area contributed by atoms with E-state index in [4.69, 9.17) is 10.6 Å². The maximum atomic E-state index is 13.2. The Kier molecular flexibility index (Phi) is 10.4. The highest BCUT2D eigenvalue weighted by atomic mass is 32.2. The van der Waals surface area contributed by atoms with Crippen LogP contribution in [0.5, 0.6) is 5.75 Å². The molecular formula is C27H28N8O13S2. The number of nitrogen functional groups attached to an aromatic ring is 1. The maximum Gasteiger partial charge on any atom is 0.362 e. The van der Waals surface area contributed by atoms with Crippen LogP contribution < -0.4 is 27.1 Å². The van der Waals surface area contributed by atoms with Gasteiger partial charge in [-0.25, -0.2) is 14.1 Å². The van der Waals surface area contributed by atoms with Crippen LogP contribution in [0.1, 0.15) is 46.0 Å². The van der Waals surface area contributed by atoms with Crippen molar-refractivity contribution >= 4 is 62.1 Å². The number of nitrogens with zero attached hydrogens (tertiary/aromatic N) is 4. The number of aromatic nitrogens is 2. The highest BCUT2D eigenvalue weighted by Crippen LogP contribution is 2.24. The Morgan fingerprint density at radius 3 is 2.24 bits per heavy atom. The van der Waals surface area contributed by atoms with E-state index in [2.05, 4.69) is 26.1 Å². The van der Waals surface area contributed by atoms with E-state index in [9.17, 15) is 57.2 Å². The minimum absolute atomic E-state index is 0.00287. The molecule has 1 fully saturated rings. The zero-order valence-electron chi connectivity index (χ0n) is 25.8. The molecule has 266 valence electrons. The van der Waals surface area contributed by atoms with Crippen LogP contribution in [0.3, 0.4) is 0 Å². The van der Waals surface area contributed by atoms with Crippen LogP contribution in [0.2, 0.25) is 0 Å². The normalized spacial score (nSPS) is 16.3. The van der Waals surface area contributed by atoms with E-state index in [1.165, 1.54) is 29.6 Å². The molecule has 0 aliphatic carbocycles. The van der Waals surface area contributed by atoms with E-state index in [0.29, 0.717) is 4.73 Å². The standard InChI is InChI=1S/C27H28N8O13S2/c1-27(2,25(42)43)48-33-19(15-11-49-26(28)31-15)23(40)32-20-16(35(24(20)41)50(45,46)47)9-30-22(39)13-5-3-12(4-6-13)21(38)29-8-14-7-17(36)18(37)10-34(14)44/h3-7,10-11,16,20,37,44H,8-9H2,1-2H3,(H2,28,31)(H,29,38)(H,30,39)(H,32,40)(H,42,43)(H,45,46,47)/t16-,20+/m1/s1. The van der Waals surface area contributed by atoms with Gasteiger partial charge in [-0.2, -0.15) is 13.1 Å². The number of aliphatic carboxylic acids is 1. The zero-order valence-corrected chi connectivity index (χ0v) is 27.4. The number of amides is 4. The number of anilines is 1. The number of β-lactam (4-membered cyclic amide) rings is 1. The molecule has 0 spiro atoms. The van der Waals surface area contributed by atoms with Gasteiger partial charge in [-0.3, -0.25) is 28.5 Å². The van der Waals surface area contributed by atoms with Crippen LogP contribution >= 0.6 is 11.3 Å². The third-order valence-electron chi connectivity index (χ3n) is 6.96. The fourth-order valence-electron chi connectivity index (χ4n) is 4.20. The molecule has 23 heteroatoms. The van der Waals surface area contributed by atoms with Gasteiger partial charge in [0.1, 0.15) is 11.7 Å². The molecule has 1 aliphatic rings. The maximum absolute atomic E-state index is 13.2. The molecule has 1 aliphatic heterocycles. The summed E-state index contributed by atoms with van der Waals surface area (Å²) in [6, 6.07) is 2.71. The summed E-state index contributed by atoms with van der Waals surface area (Å²) in [5.74, 6) is -6.04. The van der Waals surface area contributed by atoms with Crippen LogP contribution in [-0.4, -0.2) is 102 Å². The van der Waals surface area contributed by atoms with Crippen molar-refractivity contribution in [2.45, 2.75) is 38.1 Å². The van der Waals surface area contributed by atoms with E-state index in [0.717, 1.165) is 37.4 Å². The second-order valence-electron chi connectivity index (χ2n) is 10.9. The lowest BCUT2D eigenvalue weighted by molar-refractivity contribution is -0.161. The van der Waals surface area contributed by atoms with Gasteiger partial charge >= 0.3 is 16.3 Å². The van der Waals surface area contributed by atoms with Crippen LogP contribution in [0, 0.1) is 0 Å². The Balaban J connectivity index is 1.44. The van der Waals surface area contributed by atoms with Gasteiger partial charge in [-0.1, -0.05) is 5.16 Å². The number of carbonyl (C=O) groups is 5. The predicted molar refractivity (Wildman–Crippen MR) is 169 cm³/mol. The van der Waals surface area contributed by atoms with Crippen molar-refractivity contribution in [2.24, 2.45) is 5.16 Å². The molecular weight excluding hydrogens is 708 g/mol. The van der Waals surface area contributed by atoms with E-state index < -0.39 is 81.0 Å². The fraction of sp³-hybridized carbons (Fsp3) is 0.259. The number of hydrogen-bond donors (Lipinski definition) is 8. The molecule has 0 radical (unpaired) electrons. The molecule has 2 aromatic heterocycles. The lowest BCUT2D eigenvalue weighted by atomic mass is 9.98. The van der Waals surface area contributed by atoms with Crippen LogP contribution in [-0.2, 0) is 36.1 Å². The summed E-state index contributed by atoms with van der Waals surface area (Å²) in [6.07, 6.45) is 0.757. The Hall–Kier alpha value is -6.07. The first-order valence-corrected chi connectivity index (χ1v) is 16.2. The van der Waals surface area contributed by atoms with Gasteiger partial charge in [0.05, 0.1) is 24.5 Å². The molecule has 4 rings (SSSR count). The highest BCUT2D eigenvalue weighted by molar-refractivity contribution is 7.84. The van der Waals surface area contributed by atoms with Crippen molar-refractivity contribution in [3.63, 3.8) is 0 Å². The first kappa shape index (κ1) is 36.8. The minimum atomic E-state index is -5.16. The summed E-state index contributed by atoms with van der Waals surface area (Å²) < 4.78 is 34.0. The Labute approximate surface area is 284 Å². The number of rotatable bonds is 13. The number of nitrogens with two attached hydrogens (primary N) is 1. The summed E-state index contributed by atoms with van der Waals surface area (Å²) >= 11 is 0.896. The van der Waals surface area contributed by atoms with Crippen molar-refractivity contribution in [1.82, 2.24) is 30.0 Å². The number of pyridine rings is 1. The number of thiazole rings is 1. The average molecular weight is 737 g/mol. The molecule has 1 aromatic carbocycles. The smallest absolute Gasteiger partial charge is 0.362 e. The van der Waals surface area contributed by atoms with E-state index >= 15 is 0 Å². The molecule has 2 atom stereocenters. The van der Waals surface area contributed by atoms with Gasteiger partial charge in [0.15, 0.2) is 16.6 Å². The molecule has 0 saturated carbocycles. The molecule has 3 aromatic rings. The van der Waals surface area contributed by atoms with Crippen molar-refractivity contribution in [1.29, 1.82) is 0 Å². The SMILES string of the molecule is CC(C)(ON=C(C(=O)N[C@@H]1C(=O)N(S(=O)(=O)O)[C@@H]1CNC(=O)c1ccc(C(=O)NCc2cc(=O)c(O)cn2O)cc1)c1csc(N)n1)C(=O)O. The third kappa shape index (κ3) is 8.13. The first-order chi connectivity index (χ1) is 23.3. The number of carbonyl (C=O) groups excluding carboxylic acids is 4. The van der Waals surface area contributed by atoms with Gasteiger partial charge in [0, 0.05) is 29.1 Å². The number of carboxylic acid groups (broad SMARTS) is 1. The number of aromatic hydroxyl groups is 1. The van der Waals surface area contributed by atoms with Crippen LogP contribution in [0.15, 0.2) is 51.9 Å². The highest BCUT2D eigenvalue weighted by Gasteiger charge is 2.54. The first-order valence-electron chi connectivity index (χ1n) is 13.9. The predicted octanol–water partition coefficient (Wildman–Crippen LogP) is -1.73. The molecule has 50 heavy (non-hydrogen) atoms. The average Bonchev–Trinajstić information content (AvgIpc) is 3.47. The number of oxime groups is 1. The number of hydrogen-bond acceptors (Lipinski definition) is 15. The van der Waals surface area contributed by atoms with Crippen LogP contribution in [0.4, 0.5) is 5.13 Å². The van der Waals surface area contributed by atoms with Gasteiger partial charge in [-0.05, 0) is 38.1 Å². The topological polar surface area (TPSA) is 322 Å². The monoisotopic (exact) mass is 736 g/mol. The van der Waals surface area contributed by atoms with Crippen LogP contribution in [0.25, 0.3) is 0 Å². The van der Waals surface area contributed by atoms with E-state index in [1.807, 2.05) is 0 Å². The quantitative estimate of drug-likeness (QED) is 0.0318.